The first-order valence-corrected chi connectivity index (χ1v) is 12.0. The molecule has 0 aliphatic heterocycles. The summed E-state index contributed by atoms with van der Waals surface area (Å²) < 4.78 is 5.97. The van der Waals surface area contributed by atoms with Crippen LogP contribution in [0.5, 0.6) is 0 Å². The van der Waals surface area contributed by atoms with Crippen molar-refractivity contribution in [2.45, 2.75) is 18.9 Å². The summed E-state index contributed by atoms with van der Waals surface area (Å²) in [5.74, 6) is 0.512. The molecule has 4 rings (SSSR count). The topological polar surface area (TPSA) is 122 Å². The van der Waals surface area contributed by atoms with E-state index in [9.17, 15) is 14.4 Å². The fraction of sp³-hybridized carbons (Fsp3) is 0.143. The minimum absolute atomic E-state index is 0.221. The van der Waals surface area contributed by atoms with Crippen LogP contribution in [0.25, 0.3) is 22.5 Å². The Labute approximate surface area is 218 Å². The SMILES string of the molecule is O=Cc1ccc(-c2cccc(C(=O)NC(CCCNC(=O)O)c3ncc(-c4ccc(Cl)cc4)o3)c2)cc1. The lowest BCUT2D eigenvalue weighted by molar-refractivity contribution is 0.0926. The standard InChI is InChI=1S/C28H24ClN3O5/c29-23-12-10-20(11-13-23)25-16-31-27(37-25)24(5-2-14-30-28(35)36)32-26(34)22-4-1-3-21(15-22)19-8-6-18(17-33)7-9-19/h1,3-4,6-13,15-17,24,30H,2,5,14H2,(H,32,34)(H,35,36). The molecular weight excluding hydrogens is 494 g/mol. The zero-order chi connectivity index (χ0) is 26.2. The molecule has 1 heterocycles. The molecule has 1 atom stereocenters. The molecule has 0 saturated carbocycles. The number of amides is 2. The molecule has 1 aromatic heterocycles. The number of carbonyl (C=O) groups is 3. The van der Waals surface area contributed by atoms with Gasteiger partial charge in [0.2, 0.25) is 5.89 Å². The van der Waals surface area contributed by atoms with Crippen molar-refractivity contribution in [2.75, 3.05) is 6.54 Å². The van der Waals surface area contributed by atoms with E-state index in [1.807, 2.05) is 30.3 Å². The minimum Gasteiger partial charge on any atom is -0.465 e. The zero-order valence-electron chi connectivity index (χ0n) is 19.7. The number of rotatable bonds is 10. The van der Waals surface area contributed by atoms with Gasteiger partial charge in [0.05, 0.1) is 6.20 Å². The first-order valence-electron chi connectivity index (χ1n) is 11.6. The van der Waals surface area contributed by atoms with E-state index >= 15 is 0 Å². The van der Waals surface area contributed by atoms with E-state index < -0.39 is 12.1 Å². The van der Waals surface area contributed by atoms with Gasteiger partial charge in [-0.3, -0.25) is 9.59 Å². The molecule has 3 aromatic carbocycles. The van der Waals surface area contributed by atoms with E-state index in [1.165, 1.54) is 0 Å². The van der Waals surface area contributed by atoms with Crippen LogP contribution in [0.4, 0.5) is 4.79 Å². The monoisotopic (exact) mass is 517 g/mol. The van der Waals surface area contributed by atoms with Gasteiger partial charge < -0.3 is 20.2 Å². The number of nitrogens with one attached hydrogen (secondary N) is 2. The highest BCUT2D eigenvalue weighted by molar-refractivity contribution is 6.30. The lowest BCUT2D eigenvalue weighted by Gasteiger charge is -2.16. The lowest BCUT2D eigenvalue weighted by Crippen LogP contribution is -2.30. The van der Waals surface area contributed by atoms with Crippen LogP contribution in [0.2, 0.25) is 5.02 Å². The average molecular weight is 518 g/mol. The number of oxazole rings is 1. The van der Waals surface area contributed by atoms with Crippen LogP contribution in [-0.4, -0.2) is 34.9 Å². The number of aldehydes is 1. The molecule has 2 amide bonds. The molecule has 0 saturated heterocycles. The summed E-state index contributed by atoms with van der Waals surface area (Å²) in [4.78, 5) is 39.3. The van der Waals surface area contributed by atoms with E-state index in [2.05, 4.69) is 15.6 Å². The maximum atomic E-state index is 13.2. The fourth-order valence-corrected chi connectivity index (χ4v) is 3.92. The van der Waals surface area contributed by atoms with Crippen LogP contribution < -0.4 is 10.6 Å². The van der Waals surface area contributed by atoms with Crippen LogP contribution in [0.3, 0.4) is 0 Å². The lowest BCUT2D eigenvalue weighted by atomic mass is 10.0. The number of nitrogens with zero attached hydrogens (tertiary/aromatic N) is 1. The molecule has 0 aliphatic rings. The summed E-state index contributed by atoms with van der Waals surface area (Å²) in [5, 5.41) is 14.7. The molecule has 188 valence electrons. The van der Waals surface area contributed by atoms with Crippen molar-refractivity contribution in [3.05, 3.63) is 101 Å². The molecule has 0 bridgehead atoms. The Kier molecular flexibility index (Phi) is 8.33. The van der Waals surface area contributed by atoms with E-state index in [4.69, 9.17) is 21.1 Å². The number of halogens is 1. The molecule has 0 spiro atoms. The Hall–Kier alpha value is -4.43. The van der Waals surface area contributed by atoms with Crippen LogP contribution in [0, 0.1) is 0 Å². The summed E-state index contributed by atoms with van der Waals surface area (Å²) in [5.41, 5.74) is 3.50. The van der Waals surface area contributed by atoms with Crippen molar-refractivity contribution in [3.63, 3.8) is 0 Å². The molecule has 0 radical (unpaired) electrons. The second kappa shape index (κ2) is 12.0. The van der Waals surface area contributed by atoms with Crippen LogP contribution in [0.1, 0.15) is 45.5 Å². The summed E-state index contributed by atoms with van der Waals surface area (Å²) >= 11 is 5.97. The number of hydrogen-bond donors (Lipinski definition) is 3. The third-order valence-corrected chi connectivity index (χ3v) is 5.96. The predicted octanol–water partition coefficient (Wildman–Crippen LogP) is 5.99. The minimum atomic E-state index is -1.11. The summed E-state index contributed by atoms with van der Waals surface area (Å²) in [6, 6.07) is 20.8. The Morgan fingerprint density at radius 3 is 2.43 bits per heavy atom. The van der Waals surface area contributed by atoms with E-state index in [0.717, 1.165) is 23.0 Å². The van der Waals surface area contributed by atoms with Crippen molar-refractivity contribution in [2.24, 2.45) is 0 Å². The van der Waals surface area contributed by atoms with Crippen molar-refractivity contribution < 1.29 is 23.9 Å². The van der Waals surface area contributed by atoms with E-state index in [-0.39, 0.29) is 12.5 Å². The molecule has 4 aromatic rings. The summed E-state index contributed by atoms with van der Waals surface area (Å²) in [6.45, 7) is 0.221. The highest BCUT2D eigenvalue weighted by atomic mass is 35.5. The number of benzene rings is 3. The molecule has 37 heavy (non-hydrogen) atoms. The molecule has 3 N–H and O–H groups in total. The quantitative estimate of drug-likeness (QED) is 0.175. The van der Waals surface area contributed by atoms with Gasteiger partial charge in [-0.15, -0.1) is 0 Å². The second-order valence-electron chi connectivity index (χ2n) is 8.29. The Bertz CT molecular complexity index is 1380. The second-order valence-corrected chi connectivity index (χ2v) is 8.73. The number of aromatic nitrogens is 1. The smallest absolute Gasteiger partial charge is 0.404 e. The van der Waals surface area contributed by atoms with Gasteiger partial charge in [-0.1, -0.05) is 48.0 Å². The highest BCUT2D eigenvalue weighted by Gasteiger charge is 2.21. The van der Waals surface area contributed by atoms with Crippen LogP contribution in [-0.2, 0) is 0 Å². The Balaban J connectivity index is 1.53. The normalized spacial score (nSPS) is 11.5. The largest absolute Gasteiger partial charge is 0.465 e. The van der Waals surface area contributed by atoms with Crippen molar-refractivity contribution in [1.29, 1.82) is 0 Å². The molecular formula is C28H24ClN3O5. The Morgan fingerprint density at radius 1 is 1.00 bits per heavy atom. The maximum absolute atomic E-state index is 13.2. The number of carboxylic acid groups (broad SMARTS) is 1. The van der Waals surface area contributed by atoms with Crippen molar-refractivity contribution in [1.82, 2.24) is 15.6 Å². The van der Waals surface area contributed by atoms with Crippen LogP contribution in [0.15, 0.2) is 83.4 Å². The average Bonchev–Trinajstić information content (AvgIpc) is 3.41. The molecule has 1 unspecified atom stereocenters. The first-order chi connectivity index (χ1) is 17.9. The molecule has 8 nitrogen and oxygen atoms in total. The zero-order valence-corrected chi connectivity index (χ0v) is 20.4. The third kappa shape index (κ3) is 6.83. The maximum Gasteiger partial charge on any atom is 0.404 e. The fourth-order valence-electron chi connectivity index (χ4n) is 3.79. The summed E-state index contributed by atoms with van der Waals surface area (Å²) in [7, 11) is 0. The van der Waals surface area contributed by atoms with Gasteiger partial charge in [0.1, 0.15) is 12.3 Å². The van der Waals surface area contributed by atoms with Gasteiger partial charge in [-0.2, -0.15) is 0 Å². The highest BCUT2D eigenvalue weighted by Crippen LogP contribution is 2.27. The van der Waals surface area contributed by atoms with Gasteiger partial charge >= 0.3 is 6.09 Å². The van der Waals surface area contributed by atoms with Gasteiger partial charge in [0.15, 0.2) is 5.76 Å². The van der Waals surface area contributed by atoms with Gasteiger partial charge in [0, 0.05) is 28.3 Å². The van der Waals surface area contributed by atoms with Gasteiger partial charge in [-0.05, 0) is 60.4 Å². The van der Waals surface area contributed by atoms with Crippen molar-refractivity contribution in [3.8, 4) is 22.5 Å². The van der Waals surface area contributed by atoms with Crippen LogP contribution >= 0.6 is 11.6 Å². The van der Waals surface area contributed by atoms with Gasteiger partial charge in [0.25, 0.3) is 5.91 Å². The van der Waals surface area contributed by atoms with Gasteiger partial charge in [-0.25, -0.2) is 9.78 Å². The summed E-state index contributed by atoms with van der Waals surface area (Å²) in [6.07, 6.45) is 2.11. The molecule has 0 fully saturated rings. The number of hydrogen-bond acceptors (Lipinski definition) is 5. The Morgan fingerprint density at radius 2 is 1.73 bits per heavy atom. The molecule has 9 heteroatoms. The van der Waals surface area contributed by atoms with Crippen molar-refractivity contribution >= 4 is 29.9 Å². The third-order valence-electron chi connectivity index (χ3n) is 5.71. The van der Waals surface area contributed by atoms with E-state index in [1.54, 1.807) is 48.7 Å². The predicted molar refractivity (Wildman–Crippen MR) is 140 cm³/mol. The number of carbonyl (C=O) groups excluding carboxylic acids is 2. The molecule has 0 aliphatic carbocycles. The first kappa shape index (κ1) is 25.7. The van der Waals surface area contributed by atoms with E-state index in [0.29, 0.717) is 40.6 Å².